The third-order valence-corrected chi connectivity index (χ3v) is 3.14. The van der Waals surface area contributed by atoms with Crippen LogP contribution in [0.2, 0.25) is 5.02 Å². The standard InChI is InChI=1S/C15H11ClF3NO/c1-9-3-2-4-10(7-9)14(21)20-13-6-5-11(8-12(13)16)15(17,18)19/h2-8H,1H3,(H,20,21). The van der Waals surface area contributed by atoms with Gasteiger partial charge in [0.05, 0.1) is 16.3 Å². The Balaban J connectivity index is 2.22. The predicted molar refractivity (Wildman–Crippen MR) is 75.6 cm³/mol. The van der Waals surface area contributed by atoms with E-state index in [1.807, 2.05) is 13.0 Å². The van der Waals surface area contributed by atoms with E-state index in [0.717, 1.165) is 23.8 Å². The largest absolute Gasteiger partial charge is 0.416 e. The van der Waals surface area contributed by atoms with Crippen LogP contribution in [0.5, 0.6) is 0 Å². The van der Waals surface area contributed by atoms with Crippen LogP contribution in [-0.4, -0.2) is 5.91 Å². The van der Waals surface area contributed by atoms with Crippen LogP contribution in [-0.2, 0) is 6.18 Å². The van der Waals surface area contributed by atoms with Crippen molar-refractivity contribution in [1.29, 1.82) is 0 Å². The van der Waals surface area contributed by atoms with Gasteiger partial charge in [-0.05, 0) is 37.3 Å². The van der Waals surface area contributed by atoms with E-state index in [1.54, 1.807) is 18.2 Å². The van der Waals surface area contributed by atoms with E-state index < -0.39 is 17.6 Å². The van der Waals surface area contributed by atoms with E-state index in [0.29, 0.717) is 5.56 Å². The summed E-state index contributed by atoms with van der Waals surface area (Å²) in [6.45, 7) is 1.84. The molecule has 2 aromatic carbocycles. The molecule has 1 amide bonds. The molecule has 0 atom stereocenters. The number of aryl methyl sites for hydroxylation is 1. The van der Waals surface area contributed by atoms with Gasteiger partial charge in [0.25, 0.3) is 5.91 Å². The SMILES string of the molecule is Cc1cccc(C(=O)Nc2ccc(C(F)(F)F)cc2Cl)c1. The molecular weight excluding hydrogens is 303 g/mol. The van der Waals surface area contributed by atoms with E-state index in [1.165, 1.54) is 0 Å². The van der Waals surface area contributed by atoms with E-state index in [-0.39, 0.29) is 10.7 Å². The van der Waals surface area contributed by atoms with Gasteiger partial charge in [-0.15, -0.1) is 0 Å². The second kappa shape index (κ2) is 5.77. The van der Waals surface area contributed by atoms with E-state index in [4.69, 9.17) is 11.6 Å². The minimum Gasteiger partial charge on any atom is -0.321 e. The summed E-state index contributed by atoms with van der Waals surface area (Å²) in [5, 5.41) is 2.33. The van der Waals surface area contributed by atoms with Crippen molar-refractivity contribution in [1.82, 2.24) is 0 Å². The Morgan fingerprint density at radius 3 is 2.43 bits per heavy atom. The molecule has 2 nitrogen and oxygen atoms in total. The zero-order valence-corrected chi connectivity index (χ0v) is 11.7. The molecule has 0 unspecified atom stereocenters. The van der Waals surface area contributed by atoms with Gasteiger partial charge in [0.2, 0.25) is 0 Å². The molecule has 0 bridgehead atoms. The maximum Gasteiger partial charge on any atom is 0.416 e. The molecule has 0 fully saturated rings. The van der Waals surface area contributed by atoms with Crippen molar-refractivity contribution in [2.24, 2.45) is 0 Å². The first kappa shape index (κ1) is 15.4. The molecule has 1 N–H and O–H groups in total. The quantitative estimate of drug-likeness (QED) is 0.837. The summed E-state index contributed by atoms with van der Waals surface area (Å²) in [5.41, 5.74) is 0.587. The monoisotopic (exact) mass is 313 g/mol. The van der Waals surface area contributed by atoms with Crippen LogP contribution in [0.1, 0.15) is 21.5 Å². The maximum atomic E-state index is 12.5. The van der Waals surface area contributed by atoms with Crippen molar-refractivity contribution in [3.8, 4) is 0 Å². The van der Waals surface area contributed by atoms with Gasteiger partial charge in [-0.25, -0.2) is 0 Å². The summed E-state index contributed by atoms with van der Waals surface area (Å²) >= 11 is 5.78. The first-order chi connectivity index (χ1) is 9.77. The predicted octanol–water partition coefficient (Wildman–Crippen LogP) is 4.92. The van der Waals surface area contributed by atoms with Crippen molar-refractivity contribution in [3.63, 3.8) is 0 Å². The summed E-state index contributed by atoms with van der Waals surface area (Å²) < 4.78 is 37.6. The third kappa shape index (κ3) is 3.76. The summed E-state index contributed by atoms with van der Waals surface area (Å²) in [6, 6.07) is 9.64. The number of rotatable bonds is 2. The number of carbonyl (C=O) groups is 1. The molecule has 0 saturated carbocycles. The van der Waals surface area contributed by atoms with Crippen molar-refractivity contribution in [2.45, 2.75) is 13.1 Å². The van der Waals surface area contributed by atoms with Crippen LogP contribution in [0.15, 0.2) is 42.5 Å². The number of halogens is 4. The van der Waals surface area contributed by atoms with Gasteiger partial charge in [-0.3, -0.25) is 4.79 Å². The van der Waals surface area contributed by atoms with Gasteiger partial charge < -0.3 is 5.32 Å². The Bertz CT molecular complexity index is 683. The van der Waals surface area contributed by atoms with Crippen molar-refractivity contribution < 1.29 is 18.0 Å². The number of hydrogen-bond acceptors (Lipinski definition) is 1. The maximum absolute atomic E-state index is 12.5. The molecule has 6 heteroatoms. The second-order valence-electron chi connectivity index (χ2n) is 4.52. The molecule has 0 aliphatic heterocycles. The normalized spacial score (nSPS) is 11.3. The molecule has 110 valence electrons. The van der Waals surface area contributed by atoms with Crippen LogP contribution in [0, 0.1) is 6.92 Å². The fourth-order valence-electron chi connectivity index (χ4n) is 1.77. The first-order valence-electron chi connectivity index (χ1n) is 6.02. The van der Waals surface area contributed by atoms with E-state index in [2.05, 4.69) is 5.32 Å². The molecule has 21 heavy (non-hydrogen) atoms. The molecule has 0 aromatic heterocycles. The highest BCUT2D eigenvalue weighted by Crippen LogP contribution is 2.33. The van der Waals surface area contributed by atoms with Crippen LogP contribution in [0.4, 0.5) is 18.9 Å². The van der Waals surface area contributed by atoms with Gasteiger partial charge in [0, 0.05) is 5.56 Å². The van der Waals surface area contributed by atoms with E-state index >= 15 is 0 Å². The molecule has 0 aliphatic carbocycles. The van der Waals surface area contributed by atoms with Gasteiger partial charge in [0.15, 0.2) is 0 Å². The molecule has 0 saturated heterocycles. The fraction of sp³-hybridized carbons (Fsp3) is 0.133. The fourth-order valence-corrected chi connectivity index (χ4v) is 2.00. The van der Waals surface area contributed by atoms with Crippen molar-refractivity contribution in [2.75, 3.05) is 5.32 Å². The first-order valence-corrected chi connectivity index (χ1v) is 6.40. The number of nitrogens with one attached hydrogen (secondary N) is 1. The van der Waals surface area contributed by atoms with Crippen LogP contribution in [0.3, 0.4) is 0 Å². The molecule has 2 aromatic rings. The second-order valence-corrected chi connectivity index (χ2v) is 4.92. The summed E-state index contributed by atoms with van der Waals surface area (Å²) in [5.74, 6) is -0.430. The zero-order valence-electron chi connectivity index (χ0n) is 11.0. The highest BCUT2D eigenvalue weighted by molar-refractivity contribution is 6.34. The zero-order chi connectivity index (χ0) is 15.6. The average Bonchev–Trinajstić information content (AvgIpc) is 2.39. The topological polar surface area (TPSA) is 29.1 Å². The van der Waals surface area contributed by atoms with Gasteiger partial charge >= 0.3 is 6.18 Å². The lowest BCUT2D eigenvalue weighted by atomic mass is 10.1. The highest BCUT2D eigenvalue weighted by Gasteiger charge is 2.31. The Morgan fingerprint density at radius 2 is 1.86 bits per heavy atom. The number of benzene rings is 2. The molecule has 2 rings (SSSR count). The van der Waals surface area contributed by atoms with Gasteiger partial charge in [-0.2, -0.15) is 13.2 Å². The summed E-state index contributed by atoms with van der Waals surface area (Å²) in [7, 11) is 0. The number of amides is 1. The Hall–Kier alpha value is -2.01. The Labute approximate surface area is 124 Å². The van der Waals surface area contributed by atoms with Crippen molar-refractivity contribution >= 4 is 23.2 Å². The smallest absolute Gasteiger partial charge is 0.321 e. The molecular formula is C15H11ClF3NO. The minimum absolute atomic E-state index is 0.135. The molecule has 0 spiro atoms. The van der Waals surface area contributed by atoms with E-state index in [9.17, 15) is 18.0 Å². The van der Waals surface area contributed by atoms with Gasteiger partial charge in [-0.1, -0.05) is 29.3 Å². The summed E-state index contributed by atoms with van der Waals surface area (Å²) in [4.78, 5) is 12.0. The molecule has 0 radical (unpaired) electrons. The van der Waals surface area contributed by atoms with Gasteiger partial charge in [0.1, 0.15) is 0 Å². The number of anilines is 1. The number of alkyl halides is 3. The number of hydrogen-bond donors (Lipinski definition) is 1. The average molecular weight is 314 g/mol. The lowest BCUT2D eigenvalue weighted by Crippen LogP contribution is -2.13. The third-order valence-electron chi connectivity index (χ3n) is 2.82. The van der Waals surface area contributed by atoms with Crippen molar-refractivity contribution in [3.05, 3.63) is 64.2 Å². The lowest BCUT2D eigenvalue weighted by molar-refractivity contribution is -0.137. The van der Waals surface area contributed by atoms with Crippen LogP contribution >= 0.6 is 11.6 Å². The minimum atomic E-state index is -4.47. The Morgan fingerprint density at radius 1 is 1.14 bits per heavy atom. The Kier molecular flexibility index (Phi) is 4.23. The lowest BCUT2D eigenvalue weighted by Gasteiger charge is -2.11. The molecule has 0 heterocycles. The van der Waals surface area contributed by atoms with Crippen LogP contribution in [0.25, 0.3) is 0 Å². The number of carbonyl (C=O) groups excluding carboxylic acids is 1. The summed E-state index contributed by atoms with van der Waals surface area (Å²) in [6.07, 6.45) is -4.47. The highest BCUT2D eigenvalue weighted by atomic mass is 35.5. The van der Waals surface area contributed by atoms with Crippen LogP contribution < -0.4 is 5.32 Å². The molecule has 0 aliphatic rings.